The van der Waals surface area contributed by atoms with Crippen molar-refractivity contribution in [2.24, 2.45) is 0 Å². The first kappa shape index (κ1) is 24.1. The van der Waals surface area contributed by atoms with E-state index in [1.807, 2.05) is 29.2 Å². The van der Waals surface area contributed by atoms with Crippen LogP contribution in [-0.4, -0.2) is 73.4 Å². The van der Waals surface area contributed by atoms with Gasteiger partial charge in [-0.15, -0.1) is 0 Å². The Balaban J connectivity index is 1.74. The molecular weight excluding hydrogens is 426 g/mol. The number of amides is 2. The normalized spacial score (nSPS) is 18.1. The van der Waals surface area contributed by atoms with E-state index in [-0.39, 0.29) is 18.4 Å². The maximum atomic E-state index is 13.2. The van der Waals surface area contributed by atoms with Crippen molar-refractivity contribution in [3.63, 3.8) is 0 Å². The monoisotopic (exact) mass is 459 g/mol. The average Bonchev–Trinajstić information content (AvgIpc) is 3.16. The van der Waals surface area contributed by atoms with Crippen molar-refractivity contribution in [1.82, 2.24) is 10.2 Å². The van der Waals surface area contributed by atoms with E-state index in [0.29, 0.717) is 36.5 Å². The van der Waals surface area contributed by atoms with Crippen molar-refractivity contribution >= 4 is 27.5 Å². The van der Waals surface area contributed by atoms with Crippen LogP contribution < -0.4 is 15.4 Å². The highest BCUT2D eigenvalue weighted by atomic mass is 32.3. The number of rotatable bonds is 8. The molecular formula is C24H33N3O4S. The van der Waals surface area contributed by atoms with Gasteiger partial charge in [0.25, 0.3) is 5.91 Å². The summed E-state index contributed by atoms with van der Waals surface area (Å²) in [6, 6.07) is 14.1. The first-order valence-corrected chi connectivity index (χ1v) is 13.4. The first-order chi connectivity index (χ1) is 15.2. The SMILES string of the molecule is COc1ccc(C(NC(=O)CN2CCC(O)C2)C(=O)Nc2ccc(S(C)(C)C)cc2)cc1. The fourth-order valence-electron chi connectivity index (χ4n) is 3.62. The second kappa shape index (κ2) is 10.4. The second-order valence-corrected chi connectivity index (χ2v) is 12.9. The van der Waals surface area contributed by atoms with Crippen LogP contribution in [0.1, 0.15) is 18.0 Å². The number of nitrogens with zero attached hydrogens (tertiary/aromatic N) is 1. The molecule has 2 amide bonds. The van der Waals surface area contributed by atoms with Crippen molar-refractivity contribution in [3.05, 3.63) is 54.1 Å². The molecule has 1 heterocycles. The van der Waals surface area contributed by atoms with E-state index in [9.17, 15) is 14.7 Å². The molecule has 0 radical (unpaired) electrons. The number of likely N-dealkylation sites (tertiary alicyclic amines) is 1. The van der Waals surface area contributed by atoms with E-state index < -0.39 is 22.2 Å². The van der Waals surface area contributed by atoms with Gasteiger partial charge in [-0.2, -0.15) is 0 Å². The molecule has 3 rings (SSSR count). The number of hydrogen-bond acceptors (Lipinski definition) is 5. The Bertz CT molecular complexity index is 926. The third-order valence-electron chi connectivity index (χ3n) is 5.46. The molecule has 174 valence electrons. The quantitative estimate of drug-likeness (QED) is 0.565. The molecule has 32 heavy (non-hydrogen) atoms. The molecule has 1 aliphatic rings. The van der Waals surface area contributed by atoms with E-state index in [1.165, 1.54) is 4.90 Å². The van der Waals surface area contributed by atoms with Gasteiger partial charge >= 0.3 is 0 Å². The van der Waals surface area contributed by atoms with Gasteiger partial charge in [-0.05, 0) is 72.0 Å². The third-order valence-corrected chi connectivity index (χ3v) is 7.15. The van der Waals surface area contributed by atoms with Gasteiger partial charge in [0.15, 0.2) is 0 Å². The van der Waals surface area contributed by atoms with E-state index in [1.54, 1.807) is 31.4 Å². The van der Waals surface area contributed by atoms with Gasteiger partial charge in [0, 0.05) is 18.8 Å². The molecule has 8 heteroatoms. The Kier molecular flexibility index (Phi) is 7.82. The minimum Gasteiger partial charge on any atom is -0.497 e. The summed E-state index contributed by atoms with van der Waals surface area (Å²) in [5, 5.41) is 15.5. The lowest BCUT2D eigenvalue weighted by molar-refractivity contribution is -0.127. The molecule has 7 nitrogen and oxygen atoms in total. The van der Waals surface area contributed by atoms with Crippen molar-refractivity contribution in [1.29, 1.82) is 0 Å². The van der Waals surface area contributed by atoms with Crippen LogP contribution in [0.3, 0.4) is 0 Å². The van der Waals surface area contributed by atoms with Gasteiger partial charge in [0.05, 0.1) is 19.8 Å². The Morgan fingerprint density at radius 1 is 1.12 bits per heavy atom. The number of carbonyl (C=O) groups excluding carboxylic acids is 2. The Hall–Kier alpha value is -2.55. The minimum absolute atomic E-state index is 0.139. The number of β-amino-alcohol motifs (C(OH)–C–C–N with tert-alkyl or cyclic N) is 1. The van der Waals surface area contributed by atoms with Crippen LogP contribution in [0.5, 0.6) is 5.75 Å². The third kappa shape index (κ3) is 6.48. The van der Waals surface area contributed by atoms with Crippen LogP contribution in [0, 0.1) is 0 Å². The minimum atomic E-state index is -0.853. The summed E-state index contributed by atoms with van der Waals surface area (Å²) < 4.78 is 5.21. The molecule has 2 unspecified atom stereocenters. The highest BCUT2D eigenvalue weighted by molar-refractivity contribution is 8.32. The molecule has 0 aromatic heterocycles. The smallest absolute Gasteiger partial charge is 0.251 e. The molecule has 3 N–H and O–H groups in total. The van der Waals surface area contributed by atoms with Gasteiger partial charge in [-0.1, -0.05) is 12.1 Å². The van der Waals surface area contributed by atoms with E-state index in [0.717, 1.165) is 0 Å². The Labute approximate surface area is 191 Å². The van der Waals surface area contributed by atoms with Crippen LogP contribution in [0.2, 0.25) is 0 Å². The van der Waals surface area contributed by atoms with Gasteiger partial charge in [-0.3, -0.25) is 14.5 Å². The molecule has 2 atom stereocenters. The largest absolute Gasteiger partial charge is 0.497 e. The number of methoxy groups -OCH3 is 1. The number of anilines is 1. The highest BCUT2D eigenvalue weighted by Crippen LogP contribution is 2.45. The van der Waals surface area contributed by atoms with Crippen LogP contribution in [-0.2, 0) is 9.59 Å². The van der Waals surface area contributed by atoms with E-state index in [4.69, 9.17) is 4.74 Å². The number of aliphatic hydroxyl groups excluding tert-OH is 1. The lowest BCUT2D eigenvalue weighted by Crippen LogP contribution is -2.42. The molecule has 2 aromatic rings. The van der Waals surface area contributed by atoms with Crippen LogP contribution in [0.15, 0.2) is 53.4 Å². The first-order valence-electron chi connectivity index (χ1n) is 10.6. The summed E-state index contributed by atoms with van der Waals surface area (Å²) in [6.45, 7) is 1.27. The number of carbonyl (C=O) groups is 2. The maximum Gasteiger partial charge on any atom is 0.251 e. The summed E-state index contributed by atoms with van der Waals surface area (Å²) in [7, 11) is 0.728. The fraction of sp³-hybridized carbons (Fsp3) is 0.417. The summed E-state index contributed by atoms with van der Waals surface area (Å²) in [4.78, 5) is 29.0. The lowest BCUT2D eigenvalue weighted by atomic mass is 10.1. The molecule has 1 fully saturated rings. The van der Waals surface area contributed by atoms with Crippen molar-refractivity contribution in [2.45, 2.75) is 23.5 Å². The zero-order valence-corrected chi connectivity index (χ0v) is 19.9. The van der Waals surface area contributed by atoms with Crippen LogP contribution in [0.4, 0.5) is 5.69 Å². The van der Waals surface area contributed by atoms with Crippen LogP contribution in [0.25, 0.3) is 0 Å². The predicted molar refractivity (Wildman–Crippen MR) is 130 cm³/mol. The summed E-state index contributed by atoms with van der Waals surface area (Å²) >= 11 is 0. The van der Waals surface area contributed by atoms with Gasteiger partial charge in [-0.25, -0.2) is 10.0 Å². The summed E-state index contributed by atoms with van der Waals surface area (Å²) in [5.41, 5.74) is 1.34. The fourth-order valence-corrected chi connectivity index (χ4v) is 4.58. The predicted octanol–water partition coefficient (Wildman–Crippen LogP) is 2.61. The van der Waals surface area contributed by atoms with E-state index >= 15 is 0 Å². The number of benzene rings is 2. The maximum absolute atomic E-state index is 13.2. The Morgan fingerprint density at radius 2 is 1.78 bits per heavy atom. The zero-order valence-electron chi connectivity index (χ0n) is 19.1. The number of aliphatic hydroxyl groups is 1. The summed E-state index contributed by atoms with van der Waals surface area (Å²) in [5.74, 6) is 0.0909. The topological polar surface area (TPSA) is 90.9 Å². The molecule has 1 saturated heterocycles. The number of hydrogen-bond donors (Lipinski definition) is 3. The van der Waals surface area contributed by atoms with Crippen molar-refractivity contribution in [3.8, 4) is 5.75 Å². The molecule has 2 aromatic carbocycles. The number of nitrogens with one attached hydrogen (secondary N) is 2. The Morgan fingerprint density at radius 3 is 2.31 bits per heavy atom. The molecule has 0 spiro atoms. The molecule has 0 bridgehead atoms. The van der Waals surface area contributed by atoms with E-state index in [2.05, 4.69) is 29.4 Å². The van der Waals surface area contributed by atoms with Crippen molar-refractivity contribution < 1.29 is 19.4 Å². The zero-order chi connectivity index (χ0) is 23.3. The lowest BCUT2D eigenvalue weighted by Gasteiger charge is -2.26. The van der Waals surface area contributed by atoms with Gasteiger partial charge in [0.1, 0.15) is 11.8 Å². The standard InChI is InChI=1S/C24H33N3O4S/c1-31-20-9-5-17(6-10-20)23(26-22(29)16-27-14-13-19(28)15-27)24(30)25-18-7-11-21(12-8-18)32(2,3)4/h5-12,19,23,28H,13-16H2,1-4H3,(H,25,30)(H,26,29). The van der Waals surface area contributed by atoms with Crippen LogP contribution >= 0.6 is 10.0 Å². The average molecular weight is 460 g/mol. The van der Waals surface area contributed by atoms with Gasteiger partial charge in [0.2, 0.25) is 5.91 Å². The number of ether oxygens (including phenoxy) is 1. The summed E-state index contributed by atoms with van der Waals surface area (Å²) in [6.07, 6.45) is 6.91. The molecule has 0 aliphatic carbocycles. The second-order valence-electron chi connectivity index (χ2n) is 8.80. The molecule has 0 saturated carbocycles. The highest BCUT2D eigenvalue weighted by Gasteiger charge is 2.26. The molecule has 1 aliphatic heterocycles. The van der Waals surface area contributed by atoms with Gasteiger partial charge < -0.3 is 20.5 Å². The van der Waals surface area contributed by atoms with Crippen molar-refractivity contribution in [2.75, 3.05) is 50.8 Å².